The average molecular weight is 284 g/mol. The molecule has 0 saturated carbocycles. The van der Waals surface area contributed by atoms with E-state index in [9.17, 15) is 9.90 Å². The van der Waals surface area contributed by atoms with Gasteiger partial charge < -0.3 is 14.6 Å². The molecule has 4 heteroatoms. The predicted octanol–water partition coefficient (Wildman–Crippen LogP) is 3.59. The molecule has 0 fully saturated rings. The minimum absolute atomic E-state index is 0.156. The minimum atomic E-state index is -1.02. The van der Waals surface area contributed by atoms with Crippen LogP contribution in [0.5, 0.6) is 11.5 Å². The molecule has 0 aliphatic carbocycles. The Bertz CT molecular complexity index is 632. The average Bonchev–Trinajstić information content (AvgIpc) is 2.50. The molecule has 4 nitrogen and oxygen atoms in total. The van der Waals surface area contributed by atoms with E-state index in [2.05, 4.69) is 0 Å². The topological polar surface area (TPSA) is 55.8 Å². The Morgan fingerprint density at radius 1 is 1.10 bits per heavy atom. The fourth-order valence-electron chi connectivity index (χ4n) is 1.87. The number of carbonyl (C=O) groups is 1. The Hall–Kier alpha value is -2.59. The molecule has 1 N–H and O–H groups in total. The van der Waals surface area contributed by atoms with Gasteiger partial charge in [0.1, 0.15) is 11.5 Å². The largest absolute Gasteiger partial charge is 0.478 e. The number of para-hydroxylation sites is 2. The first-order valence-electron chi connectivity index (χ1n) is 6.47. The van der Waals surface area contributed by atoms with Crippen LogP contribution in [0.1, 0.15) is 5.56 Å². The van der Waals surface area contributed by atoms with Gasteiger partial charge in [0.25, 0.3) is 0 Å². The molecule has 21 heavy (non-hydrogen) atoms. The maximum Gasteiger partial charge on any atom is 0.336 e. The molecule has 2 aromatic carbocycles. The number of benzene rings is 2. The van der Waals surface area contributed by atoms with E-state index in [0.717, 1.165) is 0 Å². The number of carboxylic acids is 1. The lowest BCUT2D eigenvalue weighted by Gasteiger charge is -2.11. The highest BCUT2D eigenvalue weighted by molar-refractivity contribution is 6.16. The van der Waals surface area contributed by atoms with Crippen molar-refractivity contribution in [3.63, 3.8) is 0 Å². The van der Waals surface area contributed by atoms with Crippen molar-refractivity contribution in [1.29, 1.82) is 0 Å². The quantitative estimate of drug-likeness (QED) is 0.823. The van der Waals surface area contributed by atoms with Gasteiger partial charge in [-0.3, -0.25) is 0 Å². The van der Waals surface area contributed by atoms with Crippen LogP contribution in [0.2, 0.25) is 0 Å². The SMILES string of the molecule is COC/C=C(/C(=O)O)c1ccccc1Oc1ccccc1. The summed E-state index contributed by atoms with van der Waals surface area (Å²) >= 11 is 0. The second-order valence-electron chi connectivity index (χ2n) is 4.29. The van der Waals surface area contributed by atoms with Gasteiger partial charge in [0.05, 0.1) is 12.2 Å². The third-order valence-electron chi connectivity index (χ3n) is 2.83. The van der Waals surface area contributed by atoms with Crippen molar-refractivity contribution in [2.75, 3.05) is 13.7 Å². The Labute approximate surface area is 123 Å². The maximum absolute atomic E-state index is 11.4. The highest BCUT2D eigenvalue weighted by Crippen LogP contribution is 2.30. The van der Waals surface area contributed by atoms with Gasteiger partial charge in [-0.25, -0.2) is 4.79 Å². The number of ether oxygens (including phenoxy) is 2. The lowest BCUT2D eigenvalue weighted by Crippen LogP contribution is -2.03. The van der Waals surface area contributed by atoms with Crippen LogP contribution in [0.3, 0.4) is 0 Å². The molecule has 0 spiro atoms. The number of aliphatic carboxylic acids is 1. The molecule has 0 radical (unpaired) electrons. The Morgan fingerprint density at radius 3 is 2.43 bits per heavy atom. The molecular formula is C17H16O4. The lowest BCUT2D eigenvalue weighted by molar-refractivity contribution is -0.130. The summed E-state index contributed by atoms with van der Waals surface area (Å²) in [5, 5.41) is 9.36. The Kier molecular flexibility index (Phi) is 5.12. The second kappa shape index (κ2) is 7.26. The maximum atomic E-state index is 11.4. The summed E-state index contributed by atoms with van der Waals surface area (Å²) in [4.78, 5) is 11.4. The van der Waals surface area contributed by atoms with Crippen LogP contribution in [0.25, 0.3) is 5.57 Å². The molecule has 0 saturated heterocycles. The molecule has 2 aromatic rings. The van der Waals surface area contributed by atoms with Crippen molar-refractivity contribution in [3.05, 3.63) is 66.2 Å². The molecule has 2 rings (SSSR count). The van der Waals surface area contributed by atoms with Gasteiger partial charge >= 0.3 is 5.97 Å². The van der Waals surface area contributed by atoms with E-state index in [1.54, 1.807) is 24.3 Å². The van der Waals surface area contributed by atoms with Gasteiger partial charge in [0.2, 0.25) is 0 Å². The number of rotatable bonds is 6. The number of hydrogen-bond donors (Lipinski definition) is 1. The molecule has 0 unspecified atom stereocenters. The highest BCUT2D eigenvalue weighted by Gasteiger charge is 2.15. The first kappa shape index (κ1) is 14.8. The van der Waals surface area contributed by atoms with Gasteiger partial charge in [0, 0.05) is 12.7 Å². The summed E-state index contributed by atoms with van der Waals surface area (Å²) in [5.41, 5.74) is 0.675. The first-order chi connectivity index (χ1) is 10.2. The molecule has 0 amide bonds. The molecular weight excluding hydrogens is 268 g/mol. The van der Waals surface area contributed by atoms with E-state index >= 15 is 0 Å². The smallest absolute Gasteiger partial charge is 0.336 e. The zero-order valence-electron chi connectivity index (χ0n) is 11.7. The van der Waals surface area contributed by atoms with Crippen LogP contribution >= 0.6 is 0 Å². The van der Waals surface area contributed by atoms with Crippen LogP contribution in [0.15, 0.2) is 60.7 Å². The van der Waals surface area contributed by atoms with Crippen LogP contribution in [0, 0.1) is 0 Å². The Balaban J connectivity index is 2.37. The van der Waals surface area contributed by atoms with E-state index in [0.29, 0.717) is 17.1 Å². The van der Waals surface area contributed by atoms with Crippen molar-refractivity contribution < 1.29 is 19.4 Å². The van der Waals surface area contributed by atoms with Crippen LogP contribution in [-0.4, -0.2) is 24.8 Å². The molecule has 108 valence electrons. The third kappa shape index (κ3) is 3.94. The van der Waals surface area contributed by atoms with Crippen molar-refractivity contribution >= 4 is 11.5 Å². The third-order valence-corrected chi connectivity index (χ3v) is 2.83. The first-order valence-corrected chi connectivity index (χ1v) is 6.47. The van der Waals surface area contributed by atoms with Crippen molar-refractivity contribution in [2.24, 2.45) is 0 Å². The summed E-state index contributed by atoms with van der Waals surface area (Å²) in [6.45, 7) is 0.224. The van der Waals surface area contributed by atoms with Crippen LogP contribution < -0.4 is 4.74 Å². The summed E-state index contributed by atoms with van der Waals surface area (Å²) in [7, 11) is 1.52. The molecule has 0 heterocycles. The van der Waals surface area contributed by atoms with Crippen molar-refractivity contribution in [3.8, 4) is 11.5 Å². The summed E-state index contributed by atoms with van der Waals surface area (Å²) in [6, 6.07) is 16.3. The van der Waals surface area contributed by atoms with Crippen LogP contribution in [-0.2, 0) is 9.53 Å². The van der Waals surface area contributed by atoms with Gasteiger partial charge in [-0.1, -0.05) is 36.4 Å². The van der Waals surface area contributed by atoms with Crippen molar-refractivity contribution in [2.45, 2.75) is 0 Å². The van der Waals surface area contributed by atoms with E-state index in [4.69, 9.17) is 9.47 Å². The second-order valence-corrected chi connectivity index (χ2v) is 4.29. The lowest BCUT2D eigenvalue weighted by atomic mass is 10.0. The van der Waals surface area contributed by atoms with E-state index in [1.807, 2.05) is 30.3 Å². The summed E-state index contributed by atoms with van der Waals surface area (Å²) < 4.78 is 10.7. The van der Waals surface area contributed by atoms with Crippen LogP contribution in [0.4, 0.5) is 0 Å². The van der Waals surface area contributed by atoms with Gasteiger partial charge in [-0.2, -0.15) is 0 Å². The van der Waals surface area contributed by atoms with Crippen molar-refractivity contribution in [1.82, 2.24) is 0 Å². The zero-order chi connectivity index (χ0) is 15.1. The normalized spacial score (nSPS) is 11.2. The molecule has 0 atom stereocenters. The highest BCUT2D eigenvalue weighted by atomic mass is 16.5. The Morgan fingerprint density at radius 2 is 1.76 bits per heavy atom. The monoisotopic (exact) mass is 284 g/mol. The molecule has 0 aromatic heterocycles. The summed E-state index contributed by atoms with van der Waals surface area (Å²) in [6.07, 6.45) is 1.52. The fraction of sp³-hybridized carbons (Fsp3) is 0.118. The number of carboxylic acid groups (broad SMARTS) is 1. The van der Waals surface area contributed by atoms with E-state index in [1.165, 1.54) is 13.2 Å². The molecule has 0 bridgehead atoms. The minimum Gasteiger partial charge on any atom is -0.478 e. The summed E-state index contributed by atoms with van der Waals surface area (Å²) in [5.74, 6) is 0.131. The zero-order valence-corrected chi connectivity index (χ0v) is 11.7. The predicted molar refractivity (Wildman–Crippen MR) is 80.4 cm³/mol. The van der Waals surface area contributed by atoms with Gasteiger partial charge in [0.15, 0.2) is 0 Å². The van der Waals surface area contributed by atoms with E-state index in [-0.39, 0.29) is 12.2 Å². The number of hydrogen-bond acceptors (Lipinski definition) is 3. The van der Waals surface area contributed by atoms with E-state index < -0.39 is 5.97 Å². The molecule has 0 aliphatic rings. The standard InChI is InChI=1S/C17H16O4/c1-20-12-11-15(17(18)19)14-9-5-6-10-16(14)21-13-7-3-2-4-8-13/h2-11H,12H2,1H3,(H,18,19)/b15-11+. The number of methoxy groups -OCH3 is 1. The molecule has 0 aliphatic heterocycles. The van der Waals surface area contributed by atoms with Gasteiger partial charge in [-0.05, 0) is 24.3 Å². The fourth-order valence-corrected chi connectivity index (χ4v) is 1.87. The van der Waals surface area contributed by atoms with Gasteiger partial charge in [-0.15, -0.1) is 0 Å².